The lowest BCUT2D eigenvalue weighted by Gasteiger charge is -2.29. The van der Waals surface area contributed by atoms with Crippen LogP contribution in [0.5, 0.6) is 0 Å². The molecule has 0 bridgehead atoms. The smallest absolute Gasteiger partial charge is 0.240 e. The second kappa shape index (κ2) is 5.30. The summed E-state index contributed by atoms with van der Waals surface area (Å²) in [4.78, 5) is 24.0. The average Bonchev–Trinajstić information content (AvgIpc) is 2.66. The van der Waals surface area contributed by atoms with Crippen LogP contribution in [0.3, 0.4) is 0 Å². The summed E-state index contributed by atoms with van der Waals surface area (Å²) in [5.74, 6) is -0.340. The summed E-state index contributed by atoms with van der Waals surface area (Å²) in [6.45, 7) is 1.45. The first-order valence-electron chi connectivity index (χ1n) is 5.63. The first-order valence-corrected chi connectivity index (χ1v) is 5.63. The molecule has 0 heterocycles. The molecule has 2 amide bonds. The Hall–Kier alpha value is -1.10. The number of carbonyl (C=O) groups is 2. The summed E-state index contributed by atoms with van der Waals surface area (Å²) in [6, 6.07) is 0. The van der Waals surface area contributed by atoms with Crippen molar-refractivity contribution in [2.75, 3.05) is 20.2 Å². The molecule has 1 saturated carbocycles. The zero-order valence-corrected chi connectivity index (χ0v) is 9.95. The lowest BCUT2D eigenvalue weighted by molar-refractivity contribution is -0.134. The number of carbonyl (C=O) groups excluding carboxylic acids is 2. The van der Waals surface area contributed by atoms with Crippen LogP contribution in [0.4, 0.5) is 0 Å². The van der Waals surface area contributed by atoms with E-state index < -0.39 is 5.54 Å². The predicted molar refractivity (Wildman–Crippen MR) is 59.7 cm³/mol. The molecule has 1 rings (SSSR count). The second-order valence-electron chi connectivity index (χ2n) is 4.57. The van der Waals surface area contributed by atoms with Crippen LogP contribution in [-0.2, 0) is 9.59 Å². The van der Waals surface area contributed by atoms with Crippen molar-refractivity contribution in [2.45, 2.75) is 38.1 Å². The van der Waals surface area contributed by atoms with Gasteiger partial charge < -0.3 is 15.3 Å². The zero-order valence-electron chi connectivity index (χ0n) is 9.95. The number of aliphatic hydroxyl groups excluding tert-OH is 1. The normalized spacial score (nSPS) is 18.2. The van der Waals surface area contributed by atoms with Crippen molar-refractivity contribution in [3.8, 4) is 0 Å². The molecule has 0 aromatic heterocycles. The zero-order chi connectivity index (χ0) is 12.2. The highest BCUT2D eigenvalue weighted by atomic mass is 16.3. The highest BCUT2D eigenvalue weighted by Gasteiger charge is 2.34. The van der Waals surface area contributed by atoms with Gasteiger partial charge in [-0.25, -0.2) is 0 Å². The lowest BCUT2D eigenvalue weighted by atomic mass is 9.99. The van der Waals surface area contributed by atoms with Crippen molar-refractivity contribution >= 4 is 11.8 Å². The number of hydrogen-bond donors (Lipinski definition) is 2. The molecule has 1 aliphatic rings. The van der Waals surface area contributed by atoms with Crippen molar-refractivity contribution in [1.82, 2.24) is 10.2 Å². The van der Waals surface area contributed by atoms with Crippen LogP contribution in [0.25, 0.3) is 0 Å². The average molecular weight is 228 g/mol. The van der Waals surface area contributed by atoms with Gasteiger partial charge in [0.2, 0.25) is 11.8 Å². The minimum absolute atomic E-state index is 0.0253. The Kier molecular flexibility index (Phi) is 4.29. The summed E-state index contributed by atoms with van der Waals surface area (Å²) < 4.78 is 0. The molecule has 5 nitrogen and oxygen atoms in total. The molecule has 0 aliphatic heterocycles. The van der Waals surface area contributed by atoms with Crippen molar-refractivity contribution in [3.63, 3.8) is 0 Å². The highest BCUT2D eigenvalue weighted by Crippen LogP contribution is 2.28. The molecule has 0 aromatic rings. The minimum atomic E-state index is -0.450. The maximum Gasteiger partial charge on any atom is 0.240 e. The Morgan fingerprint density at radius 2 is 1.94 bits per heavy atom. The van der Waals surface area contributed by atoms with Gasteiger partial charge in [-0.15, -0.1) is 0 Å². The van der Waals surface area contributed by atoms with E-state index in [9.17, 15) is 14.7 Å². The Labute approximate surface area is 95.8 Å². The maximum absolute atomic E-state index is 11.7. The fraction of sp³-hybridized carbons (Fsp3) is 0.818. The Balaban J connectivity index is 2.46. The van der Waals surface area contributed by atoms with Gasteiger partial charge in [0, 0.05) is 14.0 Å². The fourth-order valence-corrected chi connectivity index (χ4v) is 2.04. The SMILES string of the molecule is CC(=O)N(C)CC(=O)NC1(CO)CCCC1. The third-order valence-corrected chi connectivity index (χ3v) is 3.19. The van der Waals surface area contributed by atoms with Gasteiger partial charge in [0.05, 0.1) is 18.7 Å². The van der Waals surface area contributed by atoms with E-state index in [1.807, 2.05) is 0 Å². The van der Waals surface area contributed by atoms with E-state index in [4.69, 9.17) is 0 Å². The first-order chi connectivity index (χ1) is 7.49. The number of hydrogen-bond acceptors (Lipinski definition) is 3. The van der Waals surface area contributed by atoms with Gasteiger partial charge in [0.1, 0.15) is 0 Å². The standard InChI is InChI=1S/C11H20N2O3/c1-9(15)13(2)7-10(16)12-11(8-14)5-3-4-6-11/h14H,3-8H2,1-2H3,(H,12,16). The summed E-state index contributed by atoms with van der Waals surface area (Å²) in [5, 5.41) is 12.2. The molecule has 92 valence electrons. The van der Waals surface area contributed by atoms with Gasteiger partial charge in [-0.1, -0.05) is 12.8 Å². The first kappa shape index (κ1) is 13.0. The van der Waals surface area contributed by atoms with Crippen LogP contribution >= 0.6 is 0 Å². The number of aliphatic hydroxyl groups is 1. The second-order valence-corrected chi connectivity index (χ2v) is 4.57. The van der Waals surface area contributed by atoms with E-state index in [2.05, 4.69) is 5.32 Å². The summed E-state index contributed by atoms with van der Waals surface area (Å²) in [5.41, 5.74) is -0.450. The molecule has 0 spiro atoms. The predicted octanol–water partition coefficient (Wildman–Crippen LogP) is -0.114. The number of nitrogens with zero attached hydrogens (tertiary/aromatic N) is 1. The van der Waals surface area contributed by atoms with Crippen molar-refractivity contribution in [2.24, 2.45) is 0 Å². The van der Waals surface area contributed by atoms with Crippen LogP contribution in [0.2, 0.25) is 0 Å². The van der Waals surface area contributed by atoms with E-state index in [1.54, 1.807) is 7.05 Å². The van der Waals surface area contributed by atoms with Crippen LogP contribution in [-0.4, -0.2) is 47.6 Å². The summed E-state index contributed by atoms with van der Waals surface area (Å²) in [6.07, 6.45) is 3.70. The Morgan fingerprint density at radius 3 is 2.38 bits per heavy atom. The molecule has 0 aromatic carbocycles. The minimum Gasteiger partial charge on any atom is -0.394 e. The van der Waals surface area contributed by atoms with Crippen molar-refractivity contribution in [1.29, 1.82) is 0 Å². The number of amides is 2. The van der Waals surface area contributed by atoms with Crippen LogP contribution < -0.4 is 5.32 Å². The molecular formula is C11H20N2O3. The topological polar surface area (TPSA) is 69.6 Å². The lowest BCUT2D eigenvalue weighted by Crippen LogP contribution is -2.52. The van der Waals surface area contributed by atoms with E-state index in [1.165, 1.54) is 11.8 Å². The molecule has 16 heavy (non-hydrogen) atoms. The molecule has 1 aliphatic carbocycles. The van der Waals surface area contributed by atoms with Crippen molar-refractivity contribution < 1.29 is 14.7 Å². The molecule has 0 atom stereocenters. The number of nitrogens with one attached hydrogen (secondary N) is 1. The molecule has 0 saturated heterocycles. The van der Waals surface area contributed by atoms with Gasteiger partial charge in [-0.05, 0) is 12.8 Å². The highest BCUT2D eigenvalue weighted by molar-refractivity contribution is 5.84. The summed E-state index contributed by atoms with van der Waals surface area (Å²) >= 11 is 0. The van der Waals surface area contributed by atoms with Gasteiger partial charge >= 0.3 is 0 Å². The van der Waals surface area contributed by atoms with Gasteiger partial charge in [0.25, 0.3) is 0 Å². The molecular weight excluding hydrogens is 208 g/mol. The van der Waals surface area contributed by atoms with E-state index in [-0.39, 0.29) is 25.0 Å². The number of rotatable bonds is 4. The summed E-state index contributed by atoms with van der Waals surface area (Å²) in [7, 11) is 1.59. The van der Waals surface area contributed by atoms with Crippen LogP contribution in [0.1, 0.15) is 32.6 Å². The van der Waals surface area contributed by atoms with Gasteiger partial charge in [-0.3, -0.25) is 9.59 Å². The monoisotopic (exact) mass is 228 g/mol. The van der Waals surface area contributed by atoms with E-state index in [0.29, 0.717) is 0 Å². The third-order valence-electron chi connectivity index (χ3n) is 3.19. The van der Waals surface area contributed by atoms with Crippen LogP contribution in [0, 0.1) is 0 Å². The number of likely N-dealkylation sites (N-methyl/N-ethyl adjacent to an activating group) is 1. The molecule has 0 radical (unpaired) electrons. The quantitative estimate of drug-likeness (QED) is 0.705. The van der Waals surface area contributed by atoms with E-state index >= 15 is 0 Å². The third kappa shape index (κ3) is 3.20. The fourth-order valence-electron chi connectivity index (χ4n) is 2.04. The van der Waals surface area contributed by atoms with Crippen molar-refractivity contribution in [3.05, 3.63) is 0 Å². The van der Waals surface area contributed by atoms with E-state index in [0.717, 1.165) is 25.7 Å². The molecule has 0 unspecified atom stereocenters. The van der Waals surface area contributed by atoms with Gasteiger partial charge in [0.15, 0.2) is 0 Å². The molecule has 5 heteroatoms. The van der Waals surface area contributed by atoms with Crippen LogP contribution in [0.15, 0.2) is 0 Å². The maximum atomic E-state index is 11.7. The Bertz CT molecular complexity index is 272. The molecule has 1 fully saturated rings. The Morgan fingerprint density at radius 1 is 1.38 bits per heavy atom. The molecule has 2 N–H and O–H groups in total. The van der Waals surface area contributed by atoms with Gasteiger partial charge in [-0.2, -0.15) is 0 Å². The largest absolute Gasteiger partial charge is 0.394 e.